The van der Waals surface area contributed by atoms with Gasteiger partial charge in [-0.3, -0.25) is 10.1 Å². The Morgan fingerprint density at radius 3 is 2.75 bits per heavy atom. The molecule has 0 aliphatic rings. The fourth-order valence-corrected chi connectivity index (χ4v) is 2.87. The van der Waals surface area contributed by atoms with E-state index in [9.17, 15) is 4.79 Å². The molecule has 0 aliphatic carbocycles. The van der Waals surface area contributed by atoms with Crippen molar-refractivity contribution in [3.8, 4) is 10.8 Å². The van der Waals surface area contributed by atoms with E-state index in [0.717, 1.165) is 4.88 Å². The van der Waals surface area contributed by atoms with Crippen LogP contribution in [0.5, 0.6) is 0 Å². The summed E-state index contributed by atoms with van der Waals surface area (Å²) in [7, 11) is 0. The van der Waals surface area contributed by atoms with Gasteiger partial charge in [0.2, 0.25) is 0 Å². The van der Waals surface area contributed by atoms with Crippen LogP contribution in [-0.4, -0.2) is 25.8 Å². The predicted octanol–water partition coefficient (Wildman–Crippen LogP) is 2.62. The third-order valence-corrected chi connectivity index (χ3v) is 4.00. The number of hydrogen-bond donors (Lipinski definition) is 1. The van der Waals surface area contributed by atoms with Gasteiger partial charge in [-0.1, -0.05) is 0 Å². The van der Waals surface area contributed by atoms with Crippen LogP contribution in [0.2, 0.25) is 0 Å². The van der Waals surface area contributed by atoms with Crippen molar-refractivity contribution >= 4 is 33.7 Å². The lowest BCUT2D eigenvalue weighted by Gasteiger charge is -1.97. The van der Waals surface area contributed by atoms with Gasteiger partial charge >= 0.3 is 0 Å². The summed E-state index contributed by atoms with van der Waals surface area (Å²) >= 11 is 2.75. The average molecular weight is 303 g/mol. The number of aromatic nitrogens is 4. The number of thiazole rings is 2. The van der Waals surface area contributed by atoms with E-state index in [0.29, 0.717) is 21.7 Å². The Morgan fingerprint density at radius 2 is 2.05 bits per heavy atom. The Hall–Kier alpha value is -2.19. The fraction of sp³-hybridized carbons (Fsp3) is 0.0833. The van der Waals surface area contributed by atoms with Gasteiger partial charge in [-0.05, 0) is 13.0 Å². The molecule has 0 spiro atoms. The van der Waals surface area contributed by atoms with Crippen LogP contribution in [0.25, 0.3) is 10.8 Å². The van der Waals surface area contributed by atoms with Crippen molar-refractivity contribution in [1.82, 2.24) is 19.9 Å². The number of carbonyl (C=O) groups excluding carboxylic acids is 1. The van der Waals surface area contributed by atoms with Gasteiger partial charge in [-0.25, -0.2) is 19.9 Å². The maximum Gasteiger partial charge on any atom is 0.276 e. The lowest BCUT2D eigenvalue weighted by Crippen LogP contribution is -2.11. The Morgan fingerprint density at radius 1 is 1.25 bits per heavy atom. The number of nitrogens with zero attached hydrogens (tertiary/aromatic N) is 4. The normalized spacial score (nSPS) is 10.4. The standard InChI is InChI=1S/C12H9N5OS2/c1-7-5-15-12(20-7)17-10(18)8-6-19-11(16-8)9-13-3-2-4-14-9/h2-6H,1H3,(H,15,17,18). The highest BCUT2D eigenvalue weighted by Crippen LogP contribution is 2.21. The molecule has 3 heterocycles. The van der Waals surface area contributed by atoms with Gasteiger partial charge in [0.1, 0.15) is 5.69 Å². The second-order valence-electron chi connectivity index (χ2n) is 3.84. The van der Waals surface area contributed by atoms with Gasteiger partial charge in [-0.2, -0.15) is 0 Å². The van der Waals surface area contributed by atoms with Gasteiger partial charge in [0, 0.05) is 28.8 Å². The first-order valence-electron chi connectivity index (χ1n) is 5.69. The van der Waals surface area contributed by atoms with Gasteiger partial charge in [0.15, 0.2) is 16.0 Å². The van der Waals surface area contributed by atoms with Crippen LogP contribution in [0.1, 0.15) is 15.4 Å². The number of aryl methyl sites for hydroxylation is 1. The molecular weight excluding hydrogens is 294 g/mol. The summed E-state index contributed by atoms with van der Waals surface area (Å²) in [6.07, 6.45) is 4.99. The molecule has 0 aliphatic heterocycles. The summed E-state index contributed by atoms with van der Waals surface area (Å²) in [6.45, 7) is 1.93. The third-order valence-electron chi connectivity index (χ3n) is 2.34. The molecule has 100 valence electrons. The molecule has 0 bridgehead atoms. The van der Waals surface area contributed by atoms with E-state index in [4.69, 9.17) is 0 Å². The molecule has 3 rings (SSSR count). The topological polar surface area (TPSA) is 80.7 Å². The lowest BCUT2D eigenvalue weighted by atomic mass is 10.4. The quantitative estimate of drug-likeness (QED) is 0.804. The second-order valence-corrected chi connectivity index (χ2v) is 5.93. The minimum Gasteiger partial charge on any atom is -0.296 e. The van der Waals surface area contributed by atoms with Crippen molar-refractivity contribution in [2.24, 2.45) is 0 Å². The van der Waals surface area contributed by atoms with Crippen LogP contribution in [0.4, 0.5) is 5.13 Å². The zero-order chi connectivity index (χ0) is 13.9. The van der Waals surface area contributed by atoms with Crippen LogP contribution < -0.4 is 5.32 Å². The Kier molecular flexibility index (Phi) is 3.48. The third kappa shape index (κ3) is 2.70. The van der Waals surface area contributed by atoms with Crippen LogP contribution in [0.15, 0.2) is 30.0 Å². The van der Waals surface area contributed by atoms with Crippen molar-refractivity contribution in [2.75, 3.05) is 5.32 Å². The zero-order valence-corrected chi connectivity index (χ0v) is 12.0. The Labute approximate surface area is 122 Å². The van der Waals surface area contributed by atoms with E-state index in [2.05, 4.69) is 25.3 Å². The van der Waals surface area contributed by atoms with Crippen molar-refractivity contribution < 1.29 is 4.79 Å². The fourth-order valence-electron chi connectivity index (χ4n) is 1.46. The monoisotopic (exact) mass is 303 g/mol. The number of anilines is 1. The highest BCUT2D eigenvalue weighted by molar-refractivity contribution is 7.15. The Bertz CT molecular complexity index is 737. The molecular formula is C12H9N5OS2. The lowest BCUT2D eigenvalue weighted by molar-refractivity contribution is 0.102. The molecule has 3 aromatic rings. The molecule has 0 fully saturated rings. The van der Waals surface area contributed by atoms with Crippen LogP contribution in [0, 0.1) is 6.92 Å². The van der Waals surface area contributed by atoms with Crippen LogP contribution >= 0.6 is 22.7 Å². The van der Waals surface area contributed by atoms with Gasteiger partial charge in [-0.15, -0.1) is 22.7 Å². The SMILES string of the molecule is Cc1cnc(NC(=O)c2csc(-c3ncccn3)n2)s1. The van der Waals surface area contributed by atoms with Gasteiger partial charge in [0.25, 0.3) is 5.91 Å². The predicted molar refractivity (Wildman–Crippen MR) is 77.9 cm³/mol. The van der Waals surface area contributed by atoms with E-state index in [1.165, 1.54) is 22.7 Å². The molecule has 0 aromatic carbocycles. The van der Waals surface area contributed by atoms with E-state index in [-0.39, 0.29) is 5.91 Å². The van der Waals surface area contributed by atoms with Crippen molar-refractivity contribution in [3.05, 3.63) is 40.6 Å². The van der Waals surface area contributed by atoms with Crippen LogP contribution in [-0.2, 0) is 0 Å². The smallest absolute Gasteiger partial charge is 0.276 e. The maximum atomic E-state index is 12.0. The first kappa shape index (κ1) is 12.8. The number of rotatable bonds is 3. The maximum absolute atomic E-state index is 12.0. The number of amides is 1. The molecule has 1 N–H and O–H groups in total. The molecule has 1 amide bonds. The molecule has 0 saturated carbocycles. The van der Waals surface area contributed by atoms with Crippen molar-refractivity contribution in [2.45, 2.75) is 6.92 Å². The first-order chi connectivity index (χ1) is 9.72. The molecule has 8 heteroatoms. The summed E-state index contributed by atoms with van der Waals surface area (Å²) in [6, 6.07) is 1.73. The summed E-state index contributed by atoms with van der Waals surface area (Å²) < 4.78 is 0. The molecule has 3 aromatic heterocycles. The number of hydrogen-bond acceptors (Lipinski definition) is 7. The van der Waals surface area contributed by atoms with Gasteiger partial charge in [0.05, 0.1) is 0 Å². The minimum atomic E-state index is -0.280. The summed E-state index contributed by atoms with van der Waals surface area (Å²) in [5.74, 6) is 0.236. The highest BCUT2D eigenvalue weighted by Gasteiger charge is 2.14. The largest absolute Gasteiger partial charge is 0.296 e. The summed E-state index contributed by atoms with van der Waals surface area (Å²) in [5, 5.41) is 5.58. The van der Waals surface area contributed by atoms with E-state index in [1.807, 2.05) is 6.92 Å². The zero-order valence-electron chi connectivity index (χ0n) is 10.4. The van der Waals surface area contributed by atoms with Crippen molar-refractivity contribution in [1.29, 1.82) is 0 Å². The first-order valence-corrected chi connectivity index (χ1v) is 7.38. The Balaban J connectivity index is 1.78. The number of nitrogens with one attached hydrogen (secondary N) is 1. The average Bonchev–Trinajstić information content (AvgIpc) is 3.09. The summed E-state index contributed by atoms with van der Waals surface area (Å²) in [5.41, 5.74) is 0.338. The molecule has 0 radical (unpaired) electrons. The highest BCUT2D eigenvalue weighted by atomic mass is 32.1. The summed E-state index contributed by atoms with van der Waals surface area (Å²) in [4.78, 5) is 29.6. The molecule has 0 unspecified atom stereocenters. The van der Waals surface area contributed by atoms with Crippen LogP contribution in [0.3, 0.4) is 0 Å². The minimum absolute atomic E-state index is 0.280. The molecule has 20 heavy (non-hydrogen) atoms. The second kappa shape index (κ2) is 5.43. The van der Waals surface area contributed by atoms with E-state index >= 15 is 0 Å². The molecule has 6 nitrogen and oxygen atoms in total. The number of carbonyl (C=O) groups is 1. The van der Waals surface area contributed by atoms with E-state index in [1.54, 1.807) is 30.0 Å². The van der Waals surface area contributed by atoms with E-state index < -0.39 is 0 Å². The van der Waals surface area contributed by atoms with Gasteiger partial charge < -0.3 is 0 Å². The van der Waals surface area contributed by atoms with Crippen molar-refractivity contribution in [3.63, 3.8) is 0 Å². The molecule has 0 atom stereocenters. The molecule has 0 saturated heterocycles.